The van der Waals surface area contributed by atoms with Crippen molar-refractivity contribution in [3.63, 3.8) is 0 Å². The molecule has 3 rings (SSSR count). The molecule has 2 aromatic rings. The minimum Gasteiger partial charge on any atom is -0.475 e. The van der Waals surface area contributed by atoms with Gasteiger partial charge < -0.3 is 23.5 Å². The van der Waals surface area contributed by atoms with Crippen LogP contribution in [0.25, 0.3) is 11.5 Å². The third kappa shape index (κ3) is 3.89. The van der Waals surface area contributed by atoms with Crippen LogP contribution in [0.5, 0.6) is 5.88 Å². The molecular weight excluding hydrogens is 312 g/mol. The molecule has 0 radical (unpaired) electrons. The SMILES string of the molecule is COCCOc1ncccc1-c1nnc([C@H]2CN(C)C[C@@H](C)O2)o1. The van der Waals surface area contributed by atoms with Crippen LogP contribution in [0.1, 0.15) is 18.9 Å². The summed E-state index contributed by atoms with van der Waals surface area (Å²) in [5.41, 5.74) is 0.657. The topological polar surface area (TPSA) is 82.7 Å². The zero-order valence-electron chi connectivity index (χ0n) is 14.1. The predicted molar refractivity (Wildman–Crippen MR) is 85.7 cm³/mol. The number of hydrogen-bond donors (Lipinski definition) is 0. The summed E-state index contributed by atoms with van der Waals surface area (Å²) in [6.07, 6.45) is 1.55. The number of methoxy groups -OCH3 is 1. The second-order valence-corrected chi connectivity index (χ2v) is 5.80. The highest BCUT2D eigenvalue weighted by molar-refractivity contribution is 5.59. The van der Waals surface area contributed by atoms with Crippen molar-refractivity contribution >= 4 is 0 Å². The molecule has 3 heterocycles. The Labute approximate surface area is 140 Å². The average Bonchev–Trinajstić information content (AvgIpc) is 3.04. The zero-order chi connectivity index (χ0) is 16.9. The minimum atomic E-state index is -0.227. The van der Waals surface area contributed by atoms with Gasteiger partial charge in [0.2, 0.25) is 11.8 Å². The van der Waals surface area contributed by atoms with Gasteiger partial charge in [0.15, 0.2) is 0 Å². The van der Waals surface area contributed by atoms with Gasteiger partial charge in [0, 0.05) is 26.4 Å². The summed E-state index contributed by atoms with van der Waals surface area (Å²) in [6, 6.07) is 3.64. The molecule has 0 saturated carbocycles. The van der Waals surface area contributed by atoms with E-state index in [2.05, 4.69) is 20.1 Å². The molecule has 2 atom stereocenters. The Morgan fingerprint density at radius 3 is 2.96 bits per heavy atom. The van der Waals surface area contributed by atoms with Gasteiger partial charge in [-0.25, -0.2) is 4.98 Å². The lowest BCUT2D eigenvalue weighted by Crippen LogP contribution is -2.40. The van der Waals surface area contributed by atoms with E-state index >= 15 is 0 Å². The maximum absolute atomic E-state index is 5.90. The van der Waals surface area contributed by atoms with Gasteiger partial charge >= 0.3 is 0 Å². The molecule has 24 heavy (non-hydrogen) atoms. The molecule has 1 aliphatic rings. The maximum atomic E-state index is 5.90. The molecule has 1 aliphatic heterocycles. The van der Waals surface area contributed by atoms with E-state index in [1.807, 2.05) is 20.0 Å². The number of pyridine rings is 1. The number of morpholine rings is 1. The standard InChI is InChI=1S/C16H22N4O4/c1-11-9-20(2)10-13(23-11)16-19-18-15(24-16)12-5-4-6-17-14(12)22-8-7-21-3/h4-6,11,13H,7-10H2,1-3H3/t11-,13-/m1/s1. The first-order valence-corrected chi connectivity index (χ1v) is 7.92. The molecule has 0 aliphatic carbocycles. The van der Waals surface area contributed by atoms with Gasteiger partial charge in [-0.3, -0.25) is 0 Å². The molecule has 0 N–H and O–H groups in total. The van der Waals surface area contributed by atoms with Crippen molar-refractivity contribution in [2.24, 2.45) is 0 Å². The Balaban J connectivity index is 1.78. The van der Waals surface area contributed by atoms with Crippen molar-refractivity contribution in [1.82, 2.24) is 20.1 Å². The zero-order valence-corrected chi connectivity index (χ0v) is 14.1. The average molecular weight is 334 g/mol. The quantitative estimate of drug-likeness (QED) is 0.736. The molecule has 0 unspecified atom stereocenters. The molecule has 0 amide bonds. The Morgan fingerprint density at radius 2 is 2.17 bits per heavy atom. The fraction of sp³-hybridized carbons (Fsp3) is 0.562. The molecule has 0 spiro atoms. The maximum Gasteiger partial charge on any atom is 0.253 e. The summed E-state index contributed by atoms with van der Waals surface area (Å²) in [5.74, 6) is 1.28. The summed E-state index contributed by atoms with van der Waals surface area (Å²) < 4.78 is 22.3. The highest BCUT2D eigenvalue weighted by Gasteiger charge is 2.29. The van der Waals surface area contributed by atoms with Gasteiger partial charge in [0.05, 0.1) is 12.7 Å². The van der Waals surface area contributed by atoms with E-state index in [9.17, 15) is 0 Å². The Bertz CT molecular complexity index is 653. The summed E-state index contributed by atoms with van der Waals surface area (Å²) in [7, 11) is 3.67. The van der Waals surface area contributed by atoms with Crippen molar-refractivity contribution in [2.75, 3.05) is 40.5 Å². The van der Waals surface area contributed by atoms with E-state index in [0.29, 0.717) is 36.4 Å². The fourth-order valence-electron chi connectivity index (χ4n) is 2.66. The van der Waals surface area contributed by atoms with E-state index in [1.54, 1.807) is 19.4 Å². The Hall–Kier alpha value is -2.03. The van der Waals surface area contributed by atoms with Crippen molar-refractivity contribution in [1.29, 1.82) is 0 Å². The molecule has 0 aromatic carbocycles. The number of nitrogens with zero attached hydrogens (tertiary/aromatic N) is 4. The second-order valence-electron chi connectivity index (χ2n) is 5.80. The van der Waals surface area contributed by atoms with Gasteiger partial charge in [0.25, 0.3) is 5.89 Å². The van der Waals surface area contributed by atoms with Gasteiger partial charge in [-0.15, -0.1) is 10.2 Å². The van der Waals surface area contributed by atoms with Crippen LogP contribution >= 0.6 is 0 Å². The minimum absolute atomic E-state index is 0.121. The molecular formula is C16H22N4O4. The summed E-state index contributed by atoms with van der Waals surface area (Å²) in [5, 5.41) is 8.28. The van der Waals surface area contributed by atoms with Gasteiger partial charge in [-0.1, -0.05) is 0 Å². The number of likely N-dealkylation sites (N-methyl/N-ethyl adjacent to an activating group) is 1. The number of ether oxygens (including phenoxy) is 3. The Kier molecular flexibility index (Phi) is 5.39. The molecule has 130 valence electrons. The van der Waals surface area contributed by atoms with Crippen LogP contribution < -0.4 is 4.74 Å². The van der Waals surface area contributed by atoms with Crippen molar-refractivity contribution in [3.05, 3.63) is 24.2 Å². The van der Waals surface area contributed by atoms with Crippen LogP contribution in [0.3, 0.4) is 0 Å². The largest absolute Gasteiger partial charge is 0.475 e. The van der Waals surface area contributed by atoms with Crippen LogP contribution in [0, 0.1) is 0 Å². The van der Waals surface area contributed by atoms with Crippen molar-refractivity contribution in [3.8, 4) is 17.3 Å². The van der Waals surface area contributed by atoms with Crippen LogP contribution in [0.4, 0.5) is 0 Å². The first-order valence-electron chi connectivity index (χ1n) is 7.92. The van der Waals surface area contributed by atoms with E-state index in [0.717, 1.165) is 13.1 Å². The smallest absolute Gasteiger partial charge is 0.253 e. The number of aromatic nitrogens is 3. The highest BCUT2D eigenvalue weighted by Crippen LogP contribution is 2.30. The molecule has 2 aromatic heterocycles. The Morgan fingerprint density at radius 1 is 1.29 bits per heavy atom. The molecule has 0 bridgehead atoms. The number of hydrogen-bond acceptors (Lipinski definition) is 8. The summed E-state index contributed by atoms with van der Waals surface area (Å²) >= 11 is 0. The molecule has 1 fully saturated rings. The molecule has 8 heteroatoms. The van der Waals surface area contributed by atoms with E-state index in [-0.39, 0.29) is 12.2 Å². The van der Waals surface area contributed by atoms with Crippen molar-refractivity contribution in [2.45, 2.75) is 19.1 Å². The predicted octanol–water partition coefficient (Wildman–Crippen LogP) is 1.55. The van der Waals surface area contributed by atoms with Crippen LogP contribution in [-0.4, -0.2) is 66.6 Å². The second kappa shape index (κ2) is 7.69. The van der Waals surface area contributed by atoms with E-state index in [1.165, 1.54) is 0 Å². The first kappa shape index (κ1) is 16.8. The molecule has 8 nitrogen and oxygen atoms in total. The fourth-order valence-corrected chi connectivity index (χ4v) is 2.66. The summed E-state index contributed by atoms with van der Waals surface area (Å²) in [6.45, 7) is 4.51. The van der Waals surface area contributed by atoms with E-state index in [4.69, 9.17) is 18.6 Å². The normalized spacial score (nSPS) is 21.8. The van der Waals surface area contributed by atoms with Crippen LogP contribution in [0.2, 0.25) is 0 Å². The van der Waals surface area contributed by atoms with Gasteiger partial charge in [-0.2, -0.15) is 0 Å². The molecule has 1 saturated heterocycles. The first-order chi connectivity index (χ1) is 11.7. The lowest BCUT2D eigenvalue weighted by molar-refractivity contribution is -0.0821. The number of rotatable bonds is 6. The third-order valence-electron chi connectivity index (χ3n) is 3.69. The van der Waals surface area contributed by atoms with Crippen molar-refractivity contribution < 1.29 is 18.6 Å². The van der Waals surface area contributed by atoms with Gasteiger partial charge in [-0.05, 0) is 26.1 Å². The summed E-state index contributed by atoms with van der Waals surface area (Å²) in [4.78, 5) is 6.41. The van der Waals surface area contributed by atoms with E-state index < -0.39 is 0 Å². The highest BCUT2D eigenvalue weighted by atomic mass is 16.5. The van der Waals surface area contributed by atoms with Gasteiger partial charge in [0.1, 0.15) is 18.3 Å². The third-order valence-corrected chi connectivity index (χ3v) is 3.69. The lowest BCUT2D eigenvalue weighted by atomic mass is 10.2. The monoisotopic (exact) mass is 334 g/mol. The lowest BCUT2D eigenvalue weighted by Gasteiger charge is -2.32. The van der Waals surface area contributed by atoms with Crippen LogP contribution in [0.15, 0.2) is 22.7 Å². The van der Waals surface area contributed by atoms with Crippen LogP contribution in [-0.2, 0) is 9.47 Å².